The van der Waals surface area contributed by atoms with Crippen molar-refractivity contribution in [2.45, 2.75) is 57.0 Å². The summed E-state index contributed by atoms with van der Waals surface area (Å²) in [6, 6.07) is 2.20. The van der Waals surface area contributed by atoms with E-state index < -0.39 is 11.0 Å². The molecule has 2 atom stereocenters. The molecule has 2 unspecified atom stereocenters. The highest BCUT2D eigenvalue weighted by Crippen LogP contribution is 2.29. The number of thiophene rings is 1. The van der Waals surface area contributed by atoms with Crippen molar-refractivity contribution < 1.29 is 14.5 Å². The molecule has 3 N–H and O–H groups in total. The molecule has 8 nitrogen and oxygen atoms in total. The van der Waals surface area contributed by atoms with Gasteiger partial charge in [0.1, 0.15) is 6.04 Å². The van der Waals surface area contributed by atoms with Gasteiger partial charge in [-0.3, -0.25) is 19.7 Å². The lowest BCUT2D eigenvalue weighted by atomic mass is 9.84. The third kappa shape index (κ3) is 5.01. The Labute approximate surface area is 174 Å². The van der Waals surface area contributed by atoms with Crippen LogP contribution in [0.5, 0.6) is 0 Å². The fraction of sp³-hybridized carbons (Fsp3) is 0.667. The zero-order chi connectivity index (χ0) is 19.4. The smallest absolute Gasteiger partial charge is 0.324 e. The number of nitro groups is 1. The molecule has 1 aliphatic heterocycles. The molecule has 0 spiro atoms. The Morgan fingerprint density at radius 1 is 1.25 bits per heavy atom. The van der Waals surface area contributed by atoms with Gasteiger partial charge in [0.15, 0.2) is 0 Å². The fourth-order valence-corrected chi connectivity index (χ4v) is 4.93. The van der Waals surface area contributed by atoms with Crippen LogP contribution in [0.2, 0.25) is 0 Å². The highest BCUT2D eigenvalue weighted by atomic mass is 35.5. The van der Waals surface area contributed by atoms with Crippen molar-refractivity contribution >= 4 is 40.6 Å². The maximum Gasteiger partial charge on any atom is 0.324 e. The van der Waals surface area contributed by atoms with Gasteiger partial charge in [0.05, 0.1) is 9.80 Å². The van der Waals surface area contributed by atoms with Crippen molar-refractivity contribution in [3.63, 3.8) is 0 Å². The second kappa shape index (κ2) is 10.2. The summed E-state index contributed by atoms with van der Waals surface area (Å²) in [6.07, 6.45) is 7.08. The van der Waals surface area contributed by atoms with Gasteiger partial charge in [-0.1, -0.05) is 30.6 Å². The Balaban J connectivity index is 0.00000280. The molecule has 3 rings (SSSR count). The van der Waals surface area contributed by atoms with Gasteiger partial charge in [0.2, 0.25) is 5.91 Å². The number of hydrogen-bond acceptors (Lipinski definition) is 6. The molecular formula is C18H27ClN4O4S. The number of rotatable bonds is 6. The van der Waals surface area contributed by atoms with E-state index >= 15 is 0 Å². The van der Waals surface area contributed by atoms with Crippen LogP contribution < -0.4 is 11.1 Å². The van der Waals surface area contributed by atoms with Crippen LogP contribution in [0.25, 0.3) is 0 Å². The van der Waals surface area contributed by atoms with Gasteiger partial charge in [0.25, 0.3) is 5.91 Å². The van der Waals surface area contributed by atoms with Crippen LogP contribution in [0.15, 0.2) is 12.1 Å². The van der Waals surface area contributed by atoms with Crippen LogP contribution in [0.3, 0.4) is 0 Å². The van der Waals surface area contributed by atoms with Gasteiger partial charge in [-0.05, 0) is 37.7 Å². The zero-order valence-electron chi connectivity index (χ0n) is 15.7. The van der Waals surface area contributed by atoms with Gasteiger partial charge >= 0.3 is 5.00 Å². The van der Waals surface area contributed by atoms with E-state index in [9.17, 15) is 19.7 Å². The van der Waals surface area contributed by atoms with Crippen LogP contribution in [0.1, 0.15) is 54.6 Å². The maximum absolute atomic E-state index is 12.9. The van der Waals surface area contributed by atoms with Crippen LogP contribution in [-0.2, 0) is 4.79 Å². The largest absolute Gasteiger partial charge is 0.350 e. The minimum atomic E-state index is -0.531. The summed E-state index contributed by atoms with van der Waals surface area (Å²) in [7, 11) is 0. The van der Waals surface area contributed by atoms with E-state index in [1.54, 1.807) is 4.90 Å². The average molecular weight is 431 g/mol. The summed E-state index contributed by atoms with van der Waals surface area (Å²) in [5.74, 6) is -0.0705. The van der Waals surface area contributed by atoms with Gasteiger partial charge in [-0.15, -0.1) is 12.4 Å². The number of halogens is 1. The van der Waals surface area contributed by atoms with Crippen molar-refractivity contribution in [2.24, 2.45) is 11.7 Å². The Bertz CT molecular complexity index is 708. The topological polar surface area (TPSA) is 119 Å². The van der Waals surface area contributed by atoms with E-state index in [1.807, 2.05) is 0 Å². The summed E-state index contributed by atoms with van der Waals surface area (Å²) >= 11 is 0.849. The van der Waals surface area contributed by atoms with Crippen LogP contribution >= 0.6 is 23.7 Å². The highest BCUT2D eigenvalue weighted by molar-refractivity contribution is 7.17. The van der Waals surface area contributed by atoms with Gasteiger partial charge in [0, 0.05) is 25.2 Å². The molecule has 0 radical (unpaired) electrons. The standard InChI is InChI=1S/C18H26N4O4S.ClH/c19-11-13(12-5-2-1-3-6-12)20-17(23)14-7-4-10-21(14)18(24)15-8-9-16(27-15)22(25)26;/h8-9,12-14H,1-7,10-11,19H2,(H,20,23);1H. The number of carbonyl (C=O) groups excluding carboxylic acids is 2. The predicted molar refractivity (Wildman–Crippen MR) is 110 cm³/mol. The molecule has 0 bridgehead atoms. The molecular weight excluding hydrogens is 404 g/mol. The number of carbonyl (C=O) groups is 2. The van der Waals surface area contributed by atoms with Crippen LogP contribution in [-0.4, -0.2) is 46.8 Å². The lowest BCUT2D eigenvalue weighted by molar-refractivity contribution is -0.380. The first-order valence-corrected chi connectivity index (χ1v) is 10.4. The molecule has 0 aromatic carbocycles. The number of nitrogens with one attached hydrogen (secondary N) is 1. The van der Waals surface area contributed by atoms with Crippen molar-refractivity contribution in [3.8, 4) is 0 Å². The van der Waals surface area contributed by atoms with E-state index in [0.29, 0.717) is 30.3 Å². The lowest BCUT2D eigenvalue weighted by Gasteiger charge is -2.32. The third-order valence-corrected chi connectivity index (χ3v) is 6.62. The lowest BCUT2D eigenvalue weighted by Crippen LogP contribution is -2.53. The van der Waals surface area contributed by atoms with Crippen LogP contribution in [0.4, 0.5) is 5.00 Å². The molecule has 1 saturated heterocycles. The first kappa shape index (κ1) is 22.6. The quantitative estimate of drug-likeness (QED) is 0.531. The first-order chi connectivity index (χ1) is 13.0. The van der Waals surface area contributed by atoms with E-state index in [0.717, 1.165) is 30.6 Å². The Kier molecular flexibility index (Phi) is 8.21. The van der Waals surface area contributed by atoms with E-state index in [1.165, 1.54) is 31.4 Å². The van der Waals surface area contributed by atoms with Crippen molar-refractivity contribution in [1.29, 1.82) is 0 Å². The molecule has 2 amide bonds. The Morgan fingerprint density at radius 3 is 2.57 bits per heavy atom. The number of amides is 2. The van der Waals surface area contributed by atoms with E-state index in [2.05, 4.69) is 5.32 Å². The summed E-state index contributed by atoms with van der Waals surface area (Å²) in [5.41, 5.74) is 5.91. The second-order valence-corrected chi connectivity index (χ2v) is 8.36. The molecule has 2 fully saturated rings. The molecule has 1 saturated carbocycles. The molecule has 1 aliphatic carbocycles. The third-order valence-electron chi connectivity index (χ3n) is 5.60. The van der Waals surface area contributed by atoms with Crippen molar-refractivity contribution in [2.75, 3.05) is 13.1 Å². The van der Waals surface area contributed by atoms with E-state index in [4.69, 9.17) is 5.73 Å². The van der Waals surface area contributed by atoms with E-state index in [-0.39, 0.29) is 35.3 Å². The maximum atomic E-state index is 12.9. The number of likely N-dealkylation sites (tertiary alicyclic amines) is 1. The molecule has 2 aliphatic rings. The Morgan fingerprint density at radius 2 is 1.96 bits per heavy atom. The number of nitrogens with zero attached hydrogens (tertiary/aromatic N) is 2. The summed E-state index contributed by atoms with van der Waals surface area (Å²) in [4.78, 5) is 37.8. The summed E-state index contributed by atoms with van der Waals surface area (Å²) in [6.45, 7) is 0.882. The molecule has 156 valence electrons. The van der Waals surface area contributed by atoms with Gasteiger partial charge < -0.3 is 16.0 Å². The average Bonchev–Trinajstić information content (AvgIpc) is 3.35. The predicted octanol–water partition coefficient (Wildman–Crippen LogP) is 2.71. The van der Waals surface area contributed by atoms with Gasteiger partial charge in [-0.2, -0.15) is 0 Å². The Hall–Kier alpha value is -1.71. The van der Waals surface area contributed by atoms with Gasteiger partial charge in [-0.25, -0.2) is 0 Å². The van der Waals surface area contributed by atoms with Crippen molar-refractivity contribution in [1.82, 2.24) is 10.2 Å². The zero-order valence-corrected chi connectivity index (χ0v) is 17.3. The highest BCUT2D eigenvalue weighted by Gasteiger charge is 2.37. The van der Waals surface area contributed by atoms with Crippen molar-refractivity contribution in [3.05, 3.63) is 27.1 Å². The second-order valence-electron chi connectivity index (χ2n) is 7.30. The fourth-order valence-electron chi connectivity index (χ4n) is 4.15. The first-order valence-electron chi connectivity index (χ1n) is 9.57. The monoisotopic (exact) mass is 430 g/mol. The number of hydrogen-bond donors (Lipinski definition) is 2. The minimum Gasteiger partial charge on any atom is -0.350 e. The minimum absolute atomic E-state index is 0. The molecule has 1 aromatic heterocycles. The molecule has 1 aromatic rings. The normalized spacial score (nSPS) is 21.0. The molecule has 2 heterocycles. The van der Waals surface area contributed by atoms with Crippen LogP contribution in [0, 0.1) is 16.0 Å². The summed E-state index contributed by atoms with van der Waals surface area (Å²) < 4.78 is 0. The SMILES string of the molecule is Cl.NCC(NC(=O)C1CCCN1C(=O)c1ccc([N+](=O)[O-])s1)C1CCCCC1. The number of nitrogens with two attached hydrogens (primary N) is 1. The molecule has 28 heavy (non-hydrogen) atoms. The summed E-state index contributed by atoms with van der Waals surface area (Å²) in [5, 5.41) is 13.9. The molecule has 10 heteroatoms.